The van der Waals surface area contributed by atoms with E-state index in [1.807, 2.05) is 12.1 Å². The summed E-state index contributed by atoms with van der Waals surface area (Å²) in [6.07, 6.45) is 1.63. The molecule has 0 atom stereocenters. The molecular weight excluding hydrogens is 465 g/mol. The molecule has 0 spiro atoms. The second-order valence-electron chi connectivity index (χ2n) is 7.01. The van der Waals surface area contributed by atoms with E-state index >= 15 is 0 Å². The highest BCUT2D eigenvalue weighted by atomic mass is 35.5. The Morgan fingerprint density at radius 3 is 2.58 bits per heavy atom. The van der Waals surface area contributed by atoms with Crippen LogP contribution >= 0.6 is 23.2 Å². The van der Waals surface area contributed by atoms with Gasteiger partial charge in [-0.15, -0.1) is 0 Å². The molecule has 0 aliphatic carbocycles. The maximum absolute atomic E-state index is 12.9. The predicted molar refractivity (Wildman–Crippen MR) is 126 cm³/mol. The SMILES string of the molecule is COc1c(Cl)cc(-c2nc3ncccc3o2)cc1NC(=O)c1ccc(-c2ccc(Cl)cc2)o1. The van der Waals surface area contributed by atoms with Crippen LogP contribution in [-0.2, 0) is 0 Å². The Morgan fingerprint density at radius 2 is 1.82 bits per heavy atom. The minimum Gasteiger partial charge on any atom is -0.493 e. The van der Waals surface area contributed by atoms with Gasteiger partial charge in [-0.2, -0.15) is 4.98 Å². The number of halogens is 2. The monoisotopic (exact) mass is 479 g/mol. The van der Waals surface area contributed by atoms with E-state index in [-0.39, 0.29) is 10.8 Å². The number of furan rings is 1. The number of nitrogens with one attached hydrogen (secondary N) is 1. The molecule has 0 aliphatic rings. The molecule has 2 aromatic carbocycles. The smallest absolute Gasteiger partial charge is 0.291 e. The molecule has 5 rings (SSSR count). The van der Waals surface area contributed by atoms with Crippen LogP contribution in [0.2, 0.25) is 10.0 Å². The molecule has 0 aliphatic heterocycles. The van der Waals surface area contributed by atoms with Crippen molar-refractivity contribution in [3.8, 4) is 28.5 Å². The van der Waals surface area contributed by atoms with Crippen LogP contribution in [0.25, 0.3) is 34.0 Å². The summed E-state index contributed by atoms with van der Waals surface area (Å²) in [5.74, 6) is 0.796. The first-order valence-electron chi connectivity index (χ1n) is 9.78. The molecule has 164 valence electrons. The average Bonchev–Trinajstić information content (AvgIpc) is 3.47. The van der Waals surface area contributed by atoms with Gasteiger partial charge in [0.1, 0.15) is 5.76 Å². The lowest BCUT2D eigenvalue weighted by Gasteiger charge is -2.12. The van der Waals surface area contributed by atoms with Crippen molar-refractivity contribution < 1.29 is 18.4 Å². The number of ether oxygens (including phenoxy) is 1. The Morgan fingerprint density at radius 1 is 1.00 bits per heavy atom. The van der Waals surface area contributed by atoms with E-state index in [1.54, 1.807) is 54.7 Å². The minimum atomic E-state index is -0.471. The first kappa shape index (κ1) is 21.1. The number of methoxy groups -OCH3 is 1. The van der Waals surface area contributed by atoms with Gasteiger partial charge >= 0.3 is 0 Å². The van der Waals surface area contributed by atoms with Gasteiger partial charge in [-0.3, -0.25) is 4.79 Å². The van der Waals surface area contributed by atoms with Crippen molar-refractivity contribution in [1.29, 1.82) is 0 Å². The zero-order chi connectivity index (χ0) is 22.9. The van der Waals surface area contributed by atoms with Crippen LogP contribution in [0.3, 0.4) is 0 Å². The highest BCUT2D eigenvalue weighted by molar-refractivity contribution is 6.33. The second-order valence-corrected chi connectivity index (χ2v) is 7.85. The number of carbonyl (C=O) groups excluding carboxylic acids is 1. The summed E-state index contributed by atoms with van der Waals surface area (Å²) < 4.78 is 16.9. The van der Waals surface area contributed by atoms with Crippen molar-refractivity contribution in [3.63, 3.8) is 0 Å². The van der Waals surface area contributed by atoms with Gasteiger partial charge in [0.2, 0.25) is 5.89 Å². The van der Waals surface area contributed by atoms with E-state index in [9.17, 15) is 4.79 Å². The quantitative estimate of drug-likeness (QED) is 0.301. The van der Waals surface area contributed by atoms with Gasteiger partial charge in [0.25, 0.3) is 5.91 Å². The molecule has 33 heavy (non-hydrogen) atoms. The normalized spacial score (nSPS) is 11.0. The van der Waals surface area contributed by atoms with Crippen LogP contribution < -0.4 is 10.1 Å². The fourth-order valence-corrected chi connectivity index (χ4v) is 3.75. The summed E-state index contributed by atoms with van der Waals surface area (Å²) in [5.41, 5.74) is 2.69. The third kappa shape index (κ3) is 4.16. The molecule has 0 saturated heterocycles. The third-order valence-electron chi connectivity index (χ3n) is 4.87. The Labute approximate surface area is 197 Å². The molecule has 0 unspecified atom stereocenters. The van der Waals surface area contributed by atoms with Crippen LogP contribution in [0.1, 0.15) is 10.6 Å². The molecule has 0 radical (unpaired) electrons. The number of pyridine rings is 1. The zero-order valence-corrected chi connectivity index (χ0v) is 18.6. The lowest BCUT2D eigenvalue weighted by atomic mass is 10.1. The highest BCUT2D eigenvalue weighted by Gasteiger charge is 2.19. The number of carbonyl (C=O) groups is 1. The molecule has 3 heterocycles. The number of rotatable bonds is 5. The molecule has 0 saturated carbocycles. The fourth-order valence-electron chi connectivity index (χ4n) is 3.32. The van der Waals surface area contributed by atoms with Crippen molar-refractivity contribution in [1.82, 2.24) is 9.97 Å². The molecular formula is C24H15Cl2N3O4. The Balaban J connectivity index is 1.46. The van der Waals surface area contributed by atoms with Gasteiger partial charge in [-0.25, -0.2) is 4.98 Å². The number of oxazole rings is 1. The van der Waals surface area contributed by atoms with E-state index in [1.165, 1.54) is 7.11 Å². The topological polar surface area (TPSA) is 90.4 Å². The van der Waals surface area contributed by atoms with Gasteiger partial charge in [0.05, 0.1) is 17.8 Å². The first-order chi connectivity index (χ1) is 16.0. The van der Waals surface area contributed by atoms with E-state index in [4.69, 9.17) is 36.8 Å². The molecule has 3 aromatic heterocycles. The average molecular weight is 480 g/mol. The number of aromatic nitrogens is 2. The summed E-state index contributed by atoms with van der Waals surface area (Å²) in [4.78, 5) is 21.5. The predicted octanol–water partition coefficient (Wildman–Crippen LogP) is 6.72. The largest absolute Gasteiger partial charge is 0.493 e. The standard InChI is InChI=1S/C24H15Cl2N3O4/c1-31-21-16(26)11-14(24-29-22-19(33-24)3-2-10-27-22)12-17(21)28-23(30)20-9-8-18(32-20)13-4-6-15(25)7-5-13/h2-12H,1H3,(H,28,30). The van der Waals surface area contributed by atoms with Gasteiger partial charge in [0.15, 0.2) is 22.7 Å². The number of hydrogen-bond acceptors (Lipinski definition) is 6. The molecule has 0 fully saturated rings. The highest BCUT2D eigenvalue weighted by Crippen LogP contribution is 2.38. The summed E-state index contributed by atoms with van der Waals surface area (Å²) in [5, 5.41) is 3.68. The van der Waals surface area contributed by atoms with Gasteiger partial charge < -0.3 is 18.9 Å². The minimum absolute atomic E-state index is 0.120. The first-order valence-corrected chi connectivity index (χ1v) is 10.5. The second kappa shape index (κ2) is 8.61. The fraction of sp³-hybridized carbons (Fsp3) is 0.0417. The van der Waals surface area contributed by atoms with Gasteiger partial charge in [0, 0.05) is 22.3 Å². The summed E-state index contributed by atoms with van der Waals surface area (Å²) in [7, 11) is 1.46. The molecule has 1 N–H and O–H groups in total. The van der Waals surface area contributed by atoms with E-state index in [0.29, 0.717) is 44.9 Å². The van der Waals surface area contributed by atoms with Crippen molar-refractivity contribution in [2.24, 2.45) is 0 Å². The number of anilines is 1. The number of nitrogens with zero attached hydrogens (tertiary/aromatic N) is 2. The molecule has 9 heteroatoms. The Hall–Kier alpha value is -3.81. The van der Waals surface area contributed by atoms with E-state index < -0.39 is 5.91 Å². The molecule has 1 amide bonds. The lowest BCUT2D eigenvalue weighted by Crippen LogP contribution is -2.12. The molecule has 5 aromatic rings. The lowest BCUT2D eigenvalue weighted by molar-refractivity contribution is 0.0997. The number of amides is 1. The maximum atomic E-state index is 12.9. The summed E-state index contributed by atoms with van der Waals surface area (Å²) >= 11 is 12.3. The van der Waals surface area contributed by atoms with E-state index in [2.05, 4.69) is 15.3 Å². The van der Waals surface area contributed by atoms with Crippen LogP contribution in [0.15, 0.2) is 75.7 Å². The van der Waals surface area contributed by atoms with Crippen LogP contribution in [-0.4, -0.2) is 23.0 Å². The van der Waals surface area contributed by atoms with Crippen molar-refractivity contribution in [2.45, 2.75) is 0 Å². The number of benzene rings is 2. The van der Waals surface area contributed by atoms with Crippen molar-refractivity contribution >= 4 is 46.0 Å². The maximum Gasteiger partial charge on any atom is 0.291 e. The van der Waals surface area contributed by atoms with Crippen molar-refractivity contribution in [3.05, 3.63) is 82.7 Å². The number of hydrogen-bond donors (Lipinski definition) is 1. The summed E-state index contributed by atoms with van der Waals surface area (Å²) in [6, 6.07) is 17.2. The zero-order valence-electron chi connectivity index (χ0n) is 17.1. The Kier molecular flexibility index (Phi) is 5.50. The van der Waals surface area contributed by atoms with E-state index in [0.717, 1.165) is 5.56 Å². The molecule has 7 nitrogen and oxygen atoms in total. The number of fused-ring (bicyclic) bond motifs is 1. The van der Waals surface area contributed by atoms with Crippen LogP contribution in [0.4, 0.5) is 5.69 Å². The van der Waals surface area contributed by atoms with Crippen LogP contribution in [0.5, 0.6) is 5.75 Å². The van der Waals surface area contributed by atoms with Gasteiger partial charge in [-0.1, -0.05) is 23.2 Å². The van der Waals surface area contributed by atoms with Gasteiger partial charge in [-0.05, 0) is 60.7 Å². The summed E-state index contributed by atoms with van der Waals surface area (Å²) in [6.45, 7) is 0. The third-order valence-corrected chi connectivity index (χ3v) is 5.40. The molecule has 0 bridgehead atoms. The van der Waals surface area contributed by atoms with Crippen molar-refractivity contribution in [2.75, 3.05) is 12.4 Å². The Bertz CT molecular complexity index is 1440. The van der Waals surface area contributed by atoms with Crippen LogP contribution in [0, 0.1) is 0 Å².